The van der Waals surface area contributed by atoms with Crippen molar-refractivity contribution in [2.45, 2.75) is 73.1 Å². The smallest absolute Gasteiger partial charge is 0.0144 e. The highest BCUT2D eigenvalue weighted by molar-refractivity contribution is 5.22. The Balaban J connectivity index is 1.98. The lowest BCUT2D eigenvalue weighted by atomic mass is 9.61. The molecule has 3 aliphatic rings. The van der Waals surface area contributed by atoms with Crippen molar-refractivity contribution in [3.63, 3.8) is 0 Å². The first-order chi connectivity index (χ1) is 9.43. The van der Waals surface area contributed by atoms with Gasteiger partial charge in [-0.15, -0.1) is 0 Å². The summed E-state index contributed by atoms with van der Waals surface area (Å²) in [6.07, 6.45) is 11.4. The van der Waals surface area contributed by atoms with Crippen LogP contribution in [0.2, 0.25) is 0 Å². The molecule has 6 atom stereocenters. The lowest BCUT2D eigenvalue weighted by Crippen LogP contribution is -2.36. The fourth-order valence-corrected chi connectivity index (χ4v) is 6.04. The Hall–Kier alpha value is -0.260. The van der Waals surface area contributed by atoms with Gasteiger partial charge in [-0.3, -0.25) is 0 Å². The van der Waals surface area contributed by atoms with Crippen molar-refractivity contribution in [3.05, 3.63) is 11.6 Å². The molecule has 3 aliphatic carbocycles. The monoisotopic (exact) mass is 274 g/mol. The van der Waals surface area contributed by atoms with Crippen molar-refractivity contribution in [2.24, 2.45) is 40.9 Å². The number of hydrogen-bond acceptors (Lipinski definition) is 0. The van der Waals surface area contributed by atoms with E-state index in [9.17, 15) is 0 Å². The SMILES string of the molecule is CC1CC[C@@H]2/C1=C\C[C@@H](C)C[C@H]1[C@H](C(C)C)CC[C@@]21C. The first-order valence-electron chi connectivity index (χ1n) is 9.13. The van der Waals surface area contributed by atoms with Crippen LogP contribution in [-0.2, 0) is 0 Å². The summed E-state index contributed by atoms with van der Waals surface area (Å²) >= 11 is 0. The second-order valence-electron chi connectivity index (χ2n) is 8.87. The summed E-state index contributed by atoms with van der Waals surface area (Å²) in [5.41, 5.74) is 2.47. The second-order valence-corrected chi connectivity index (χ2v) is 8.87. The van der Waals surface area contributed by atoms with E-state index in [4.69, 9.17) is 0 Å². The summed E-state index contributed by atoms with van der Waals surface area (Å²) < 4.78 is 0. The Labute approximate surface area is 126 Å². The molecule has 0 heteroatoms. The molecule has 0 heterocycles. The molecule has 0 radical (unpaired) electrons. The predicted molar refractivity (Wildman–Crippen MR) is 87.5 cm³/mol. The van der Waals surface area contributed by atoms with Gasteiger partial charge in [-0.1, -0.05) is 46.3 Å². The molecule has 2 saturated carbocycles. The van der Waals surface area contributed by atoms with Crippen LogP contribution in [0.15, 0.2) is 11.6 Å². The van der Waals surface area contributed by atoms with Gasteiger partial charge < -0.3 is 0 Å². The molecule has 1 unspecified atom stereocenters. The predicted octanol–water partition coefficient (Wildman–Crippen LogP) is 6.08. The van der Waals surface area contributed by atoms with Crippen LogP contribution in [0.5, 0.6) is 0 Å². The van der Waals surface area contributed by atoms with E-state index in [-0.39, 0.29) is 0 Å². The van der Waals surface area contributed by atoms with Crippen molar-refractivity contribution >= 4 is 0 Å². The minimum Gasteiger partial charge on any atom is -0.0845 e. The molecule has 0 nitrogen and oxygen atoms in total. The van der Waals surface area contributed by atoms with Crippen LogP contribution in [-0.4, -0.2) is 0 Å². The molecule has 0 aromatic heterocycles. The molecule has 0 aliphatic heterocycles. The van der Waals surface area contributed by atoms with Gasteiger partial charge in [0.25, 0.3) is 0 Å². The van der Waals surface area contributed by atoms with Gasteiger partial charge in [0.2, 0.25) is 0 Å². The van der Waals surface area contributed by atoms with Gasteiger partial charge in [0.05, 0.1) is 0 Å². The maximum absolute atomic E-state index is 2.66. The maximum atomic E-state index is 2.66. The first kappa shape index (κ1) is 14.7. The normalized spacial score (nSPS) is 51.1. The van der Waals surface area contributed by atoms with E-state index in [1.54, 1.807) is 0 Å². The van der Waals surface area contributed by atoms with E-state index in [1.807, 2.05) is 5.57 Å². The zero-order chi connectivity index (χ0) is 14.5. The van der Waals surface area contributed by atoms with Gasteiger partial charge >= 0.3 is 0 Å². The van der Waals surface area contributed by atoms with E-state index in [0.29, 0.717) is 5.41 Å². The van der Waals surface area contributed by atoms with Crippen LogP contribution in [0.3, 0.4) is 0 Å². The Kier molecular flexibility index (Phi) is 3.80. The van der Waals surface area contributed by atoms with Gasteiger partial charge in [-0.05, 0) is 79.4 Å². The molecule has 114 valence electrons. The minimum atomic E-state index is 0.611. The third-order valence-corrected chi connectivity index (χ3v) is 7.30. The molecule has 0 N–H and O–H groups in total. The van der Waals surface area contributed by atoms with Gasteiger partial charge in [-0.25, -0.2) is 0 Å². The summed E-state index contributed by atoms with van der Waals surface area (Å²) in [5, 5.41) is 0. The third-order valence-electron chi connectivity index (χ3n) is 7.30. The number of rotatable bonds is 1. The van der Waals surface area contributed by atoms with Gasteiger partial charge in [0.15, 0.2) is 0 Å². The van der Waals surface area contributed by atoms with Crippen LogP contribution in [0.4, 0.5) is 0 Å². The molecular formula is C20H34. The topological polar surface area (TPSA) is 0 Å². The molecule has 0 aromatic rings. The molecule has 0 bridgehead atoms. The molecule has 0 aromatic carbocycles. The van der Waals surface area contributed by atoms with Crippen molar-refractivity contribution in [3.8, 4) is 0 Å². The Morgan fingerprint density at radius 3 is 2.60 bits per heavy atom. The van der Waals surface area contributed by atoms with E-state index >= 15 is 0 Å². The number of allylic oxidation sites excluding steroid dienone is 2. The highest BCUT2D eigenvalue weighted by atomic mass is 14.6. The van der Waals surface area contributed by atoms with E-state index in [2.05, 4.69) is 40.7 Å². The summed E-state index contributed by atoms with van der Waals surface area (Å²) in [4.78, 5) is 0. The highest BCUT2D eigenvalue weighted by Gasteiger charge is 2.53. The molecule has 0 spiro atoms. The number of fused-ring (bicyclic) bond motifs is 3. The summed E-state index contributed by atoms with van der Waals surface area (Å²) in [5.74, 6) is 5.51. The second kappa shape index (κ2) is 5.18. The van der Waals surface area contributed by atoms with Crippen molar-refractivity contribution in [2.75, 3.05) is 0 Å². The fraction of sp³-hybridized carbons (Fsp3) is 0.900. The molecular weight excluding hydrogens is 240 g/mol. The average Bonchev–Trinajstić information content (AvgIpc) is 2.89. The van der Waals surface area contributed by atoms with Crippen molar-refractivity contribution < 1.29 is 0 Å². The Morgan fingerprint density at radius 1 is 1.15 bits per heavy atom. The molecule has 3 rings (SSSR count). The van der Waals surface area contributed by atoms with Gasteiger partial charge in [0, 0.05) is 0 Å². The Morgan fingerprint density at radius 2 is 1.90 bits per heavy atom. The lowest BCUT2D eigenvalue weighted by Gasteiger charge is -2.44. The van der Waals surface area contributed by atoms with E-state index in [1.165, 1.54) is 38.5 Å². The number of hydrogen-bond donors (Lipinski definition) is 0. The van der Waals surface area contributed by atoms with Crippen LogP contribution in [0, 0.1) is 40.9 Å². The Bertz CT molecular complexity index is 391. The van der Waals surface area contributed by atoms with Crippen LogP contribution in [0.25, 0.3) is 0 Å². The molecule has 2 fully saturated rings. The van der Waals surface area contributed by atoms with Gasteiger partial charge in [-0.2, -0.15) is 0 Å². The first-order valence-corrected chi connectivity index (χ1v) is 9.13. The van der Waals surface area contributed by atoms with Crippen LogP contribution < -0.4 is 0 Å². The molecule has 20 heavy (non-hydrogen) atoms. The van der Waals surface area contributed by atoms with Crippen molar-refractivity contribution in [1.29, 1.82) is 0 Å². The average molecular weight is 274 g/mol. The van der Waals surface area contributed by atoms with Crippen molar-refractivity contribution in [1.82, 2.24) is 0 Å². The molecule has 0 saturated heterocycles. The highest BCUT2D eigenvalue weighted by Crippen LogP contribution is 2.62. The third kappa shape index (κ3) is 2.18. The lowest BCUT2D eigenvalue weighted by molar-refractivity contribution is 0.0860. The zero-order valence-electron chi connectivity index (χ0n) is 14.3. The summed E-state index contributed by atoms with van der Waals surface area (Å²) in [6, 6.07) is 0. The molecule has 0 amide bonds. The minimum absolute atomic E-state index is 0.611. The van der Waals surface area contributed by atoms with Gasteiger partial charge in [0.1, 0.15) is 0 Å². The van der Waals surface area contributed by atoms with Crippen LogP contribution in [0.1, 0.15) is 73.1 Å². The quantitative estimate of drug-likeness (QED) is 0.508. The van der Waals surface area contributed by atoms with E-state index < -0.39 is 0 Å². The summed E-state index contributed by atoms with van der Waals surface area (Å²) in [7, 11) is 0. The summed E-state index contributed by atoms with van der Waals surface area (Å²) in [6.45, 7) is 12.6. The standard InChI is InChI=1S/C20H34/c1-13(2)16-10-11-20(5)18-9-7-15(4)17(18)8-6-14(3)12-19(16)20/h8,13-16,18-19H,6-7,9-12H2,1-5H3/b17-8-/t14-,15?,16+,18-,19+,20+/m1/s1. The largest absolute Gasteiger partial charge is 0.0845 e. The van der Waals surface area contributed by atoms with E-state index in [0.717, 1.165) is 35.5 Å². The fourth-order valence-electron chi connectivity index (χ4n) is 6.04. The zero-order valence-corrected chi connectivity index (χ0v) is 14.3. The van der Waals surface area contributed by atoms with Crippen LogP contribution >= 0.6 is 0 Å². The maximum Gasteiger partial charge on any atom is -0.0144 e.